The number of hydrogen-bond donors (Lipinski definition) is 1. The Balaban J connectivity index is 2.24. The van der Waals surface area contributed by atoms with Gasteiger partial charge < -0.3 is 5.73 Å². The van der Waals surface area contributed by atoms with Crippen molar-refractivity contribution < 1.29 is 8.42 Å². The highest BCUT2D eigenvalue weighted by molar-refractivity contribution is 7.90. The van der Waals surface area contributed by atoms with E-state index < -0.39 is 10.2 Å². The van der Waals surface area contributed by atoms with Crippen LogP contribution < -0.4 is 10.0 Å². The van der Waals surface area contributed by atoms with Gasteiger partial charge in [-0.3, -0.25) is 4.31 Å². The SMILES string of the molecule is CCN(c1ccc(CN)cc1)S(=O)(=O)N1CCCCCC1. The predicted octanol–water partition coefficient (Wildman–Crippen LogP) is 2.09. The van der Waals surface area contributed by atoms with Crippen LogP contribution in [0.15, 0.2) is 24.3 Å². The molecule has 1 fully saturated rings. The first kappa shape index (κ1) is 16.3. The summed E-state index contributed by atoms with van der Waals surface area (Å²) in [5.41, 5.74) is 7.30. The van der Waals surface area contributed by atoms with Crippen molar-refractivity contribution in [1.82, 2.24) is 4.31 Å². The molecule has 0 radical (unpaired) electrons. The lowest BCUT2D eigenvalue weighted by atomic mass is 10.2. The van der Waals surface area contributed by atoms with E-state index in [0.29, 0.717) is 31.9 Å². The summed E-state index contributed by atoms with van der Waals surface area (Å²) in [7, 11) is -3.43. The third-order valence-electron chi connectivity index (χ3n) is 3.92. The molecule has 21 heavy (non-hydrogen) atoms. The second kappa shape index (κ2) is 7.24. The van der Waals surface area contributed by atoms with Crippen LogP contribution in [0.3, 0.4) is 0 Å². The molecule has 6 heteroatoms. The van der Waals surface area contributed by atoms with E-state index in [1.165, 1.54) is 4.31 Å². The van der Waals surface area contributed by atoms with Gasteiger partial charge in [0.2, 0.25) is 0 Å². The summed E-state index contributed by atoms with van der Waals surface area (Å²) in [6.07, 6.45) is 4.12. The third-order valence-corrected chi connectivity index (χ3v) is 5.96. The van der Waals surface area contributed by atoms with Crippen LogP contribution in [-0.2, 0) is 16.8 Å². The van der Waals surface area contributed by atoms with Crippen LogP contribution in [0.25, 0.3) is 0 Å². The fourth-order valence-corrected chi connectivity index (χ4v) is 4.40. The molecule has 0 unspecified atom stereocenters. The molecule has 118 valence electrons. The normalized spacial score (nSPS) is 17.4. The lowest BCUT2D eigenvalue weighted by Gasteiger charge is -2.30. The fraction of sp³-hybridized carbons (Fsp3) is 0.600. The molecule has 1 aliphatic heterocycles. The van der Waals surface area contributed by atoms with Crippen LogP contribution in [0, 0.1) is 0 Å². The van der Waals surface area contributed by atoms with Crippen LogP contribution in [0.2, 0.25) is 0 Å². The van der Waals surface area contributed by atoms with Crippen LogP contribution in [0.1, 0.15) is 38.2 Å². The van der Waals surface area contributed by atoms with Crippen molar-refractivity contribution in [3.63, 3.8) is 0 Å². The summed E-state index contributed by atoms with van der Waals surface area (Å²) < 4.78 is 28.8. The Bertz CT molecular complexity index is 535. The number of nitrogens with zero attached hydrogens (tertiary/aromatic N) is 2. The molecule has 2 rings (SSSR count). The zero-order chi connectivity index (χ0) is 15.3. The number of benzene rings is 1. The van der Waals surface area contributed by atoms with Gasteiger partial charge in [-0.15, -0.1) is 0 Å². The van der Waals surface area contributed by atoms with E-state index in [1.54, 1.807) is 4.31 Å². The molecule has 0 aromatic heterocycles. The molecule has 1 heterocycles. The van der Waals surface area contributed by atoms with E-state index in [9.17, 15) is 8.42 Å². The summed E-state index contributed by atoms with van der Waals surface area (Å²) in [5, 5.41) is 0. The van der Waals surface area contributed by atoms with Gasteiger partial charge in [0.15, 0.2) is 0 Å². The zero-order valence-electron chi connectivity index (χ0n) is 12.7. The van der Waals surface area contributed by atoms with Crippen molar-refractivity contribution in [1.29, 1.82) is 0 Å². The maximum Gasteiger partial charge on any atom is 0.304 e. The predicted molar refractivity (Wildman–Crippen MR) is 86.3 cm³/mol. The molecule has 0 amide bonds. The van der Waals surface area contributed by atoms with E-state index in [0.717, 1.165) is 31.2 Å². The zero-order valence-corrected chi connectivity index (χ0v) is 13.5. The first-order valence-corrected chi connectivity index (χ1v) is 9.06. The fourth-order valence-electron chi connectivity index (χ4n) is 2.69. The molecule has 1 aliphatic rings. The van der Waals surface area contributed by atoms with E-state index in [2.05, 4.69) is 0 Å². The summed E-state index contributed by atoms with van der Waals surface area (Å²) in [6, 6.07) is 7.44. The molecule has 0 aliphatic carbocycles. The number of rotatable bonds is 5. The van der Waals surface area contributed by atoms with Crippen molar-refractivity contribution in [2.45, 2.75) is 39.2 Å². The largest absolute Gasteiger partial charge is 0.326 e. The number of nitrogens with two attached hydrogens (primary N) is 1. The second-order valence-corrected chi connectivity index (χ2v) is 7.21. The number of anilines is 1. The monoisotopic (exact) mass is 311 g/mol. The Labute approximate surface area is 127 Å². The smallest absolute Gasteiger partial charge is 0.304 e. The maximum atomic E-state index is 12.9. The Morgan fingerprint density at radius 2 is 1.67 bits per heavy atom. The molecule has 2 N–H and O–H groups in total. The van der Waals surface area contributed by atoms with Crippen LogP contribution in [0.4, 0.5) is 5.69 Å². The Hall–Kier alpha value is -1.11. The van der Waals surface area contributed by atoms with Gasteiger partial charge in [-0.2, -0.15) is 12.7 Å². The molecule has 5 nitrogen and oxygen atoms in total. The molecule has 1 aromatic rings. The van der Waals surface area contributed by atoms with Gasteiger partial charge in [0.1, 0.15) is 0 Å². The van der Waals surface area contributed by atoms with E-state index in [1.807, 2.05) is 31.2 Å². The van der Waals surface area contributed by atoms with Crippen molar-refractivity contribution >= 4 is 15.9 Å². The summed E-state index contributed by atoms with van der Waals surface area (Å²) >= 11 is 0. The van der Waals surface area contributed by atoms with Gasteiger partial charge in [0, 0.05) is 26.2 Å². The Morgan fingerprint density at radius 3 is 2.14 bits per heavy atom. The quantitative estimate of drug-likeness (QED) is 0.905. The maximum absolute atomic E-state index is 12.9. The van der Waals surface area contributed by atoms with Crippen molar-refractivity contribution in [3.05, 3.63) is 29.8 Å². The van der Waals surface area contributed by atoms with Gasteiger partial charge in [-0.1, -0.05) is 25.0 Å². The lowest BCUT2D eigenvalue weighted by Crippen LogP contribution is -2.44. The topological polar surface area (TPSA) is 66.6 Å². The summed E-state index contributed by atoms with van der Waals surface area (Å²) in [4.78, 5) is 0. The molecule has 0 atom stereocenters. The van der Waals surface area contributed by atoms with Crippen LogP contribution >= 0.6 is 0 Å². The van der Waals surface area contributed by atoms with E-state index in [-0.39, 0.29) is 0 Å². The molecule has 0 spiro atoms. The van der Waals surface area contributed by atoms with Gasteiger partial charge in [0.25, 0.3) is 0 Å². The van der Waals surface area contributed by atoms with E-state index in [4.69, 9.17) is 5.73 Å². The average Bonchev–Trinajstić information content (AvgIpc) is 2.78. The third kappa shape index (κ3) is 3.75. The molecular weight excluding hydrogens is 286 g/mol. The van der Waals surface area contributed by atoms with Crippen molar-refractivity contribution in [2.75, 3.05) is 23.9 Å². The Morgan fingerprint density at radius 1 is 1.10 bits per heavy atom. The van der Waals surface area contributed by atoms with Gasteiger partial charge in [-0.25, -0.2) is 0 Å². The minimum absolute atomic E-state index is 0.431. The highest BCUT2D eigenvalue weighted by Gasteiger charge is 2.29. The van der Waals surface area contributed by atoms with Crippen molar-refractivity contribution in [2.24, 2.45) is 5.73 Å². The minimum Gasteiger partial charge on any atom is -0.326 e. The highest BCUT2D eigenvalue weighted by Crippen LogP contribution is 2.23. The van der Waals surface area contributed by atoms with E-state index >= 15 is 0 Å². The lowest BCUT2D eigenvalue weighted by molar-refractivity contribution is 0.421. The first-order chi connectivity index (χ1) is 10.1. The molecule has 0 saturated carbocycles. The highest BCUT2D eigenvalue weighted by atomic mass is 32.2. The van der Waals surface area contributed by atoms with Gasteiger partial charge in [0.05, 0.1) is 5.69 Å². The first-order valence-electron chi connectivity index (χ1n) is 7.66. The molecule has 0 bridgehead atoms. The molecule has 1 aromatic carbocycles. The second-order valence-electron chi connectivity index (χ2n) is 5.36. The average molecular weight is 311 g/mol. The van der Waals surface area contributed by atoms with Crippen LogP contribution in [-0.4, -0.2) is 32.4 Å². The minimum atomic E-state index is -3.43. The van der Waals surface area contributed by atoms with Crippen LogP contribution in [0.5, 0.6) is 0 Å². The van der Waals surface area contributed by atoms with Gasteiger partial charge >= 0.3 is 10.2 Å². The Kier molecular flexibility index (Phi) is 5.61. The summed E-state index contributed by atoms with van der Waals surface area (Å²) in [5.74, 6) is 0. The molecular formula is C15H25N3O2S. The summed E-state index contributed by atoms with van der Waals surface area (Å²) in [6.45, 7) is 4.01. The van der Waals surface area contributed by atoms with Gasteiger partial charge in [-0.05, 0) is 37.5 Å². The molecule has 1 saturated heterocycles. The van der Waals surface area contributed by atoms with Crippen molar-refractivity contribution in [3.8, 4) is 0 Å². The number of hydrogen-bond acceptors (Lipinski definition) is 3. The standard InChI is InChI=1S/C15H25N3O2S/c1-2-18(15-9-7-14(13-16)8-10-15)21(19,20)17-11-5-3-4-6-12-17/h7-10H,2-6,11-13,16H2,1H3.